The third-order valence-corrected chi connectivity index (χ3v) is 17.9. The lowest BCUT2D eigenvalue weighted by atomic mass is 9.69. The standard InChI is InChI=1S/C81H64N2/c1-79(2,3)56-44-47-64-65-48-45-57(80(4,5)6)52-73(65)81(72(64)51-56)70-38-20-17-37-69(70)78-71(81)39-24-42-76(78)83(74-40-21-18-35-66(74)63-34-16-15-33-62(63)61-32-14-13-31-60(61)53-25-9-7-10-26-53)59-30-23-27-54(49-59)55-43-46-68-67-36-19-22-41-75(67)82(77(68)50-55)58-28-11-8-12-29-58/h7-52H,1-6H3. The fraction of sp³-hybridized carbons (Fsp3) is 0.111. The molecule has 15 rings (SSSR count). The highest BCUT2D eigenvalue weighted by Gasteiger charge is 2.53. The molecule has 0 N–H and O–H groups in total. The first-order chi connectivity index (χ1) is 40.5. The minimum Gasteiger partial charge on any atom is -0.309 e. The van der Waals surface area contributed by atoms with E-state index in [1.54, 1.807) is 0 Å². The zero-order valence-electron chi connectivity index (χ0n) is 48.0. The Morgan fingerprint density at radius 1 is 0.301 bits per heavy atom. The van der Waals surface area contributed by atoms with Gasteiger partial charge in [-0.25, -0.2) is 0 Å². The monoisotopic (exact) mass is 1060 g/mol. The molecule has 1 aromatic heterocycles. The van der Waals surface area contributed by atoms with Gasteiger partial charge < -0.3 is 9.47 Å². The Balaban J connectivity index is 1.01. The Hall–Kier alpha value is -9.76. The first-order valence-electron chi connectivity index (χ1n) is 29.3. The van der Waals surface area contributed by atoms with Gasteiger partial charge in [0.05, 0.1) is 27.8 Å². The molecule has 2 heteroatoms. The number of hydrogen-bond acceptors (Lipinski definition) is 1. The molecule has 0 fully saturated rings. The van der Waals surface area contributed by atoms with E-state index in [1.165, 1.54) is 105 Å². The Morgan fingerprint density at radius 3 is 1.48 bits per heavy atom. The van der Waals surface area contributed by atoms with Gasteiger partial charge in [0.2, 0.25) is 0 Å². The molecule has 0 amide bonds. The van der Waals surface area contributed by atoms with E-state index < -0.39 is 5.41 Å². The molecule has 0 bridgehead atoms. The van der Waals surface area contributed by atoms with Crippen LogP contribution in [-0.2, 0) is 16.2 Å². The normalized spacial score (nSPS) is 13.0. The van der Waals surface area contributed by atoms with E-state index in [0.29, 0.717) is 0 Å². The molecule has 0 saturated heterocycles. The van der Waals surface area contributed by atoms with Gasteiger partial charge in [0.1, 0.15) is 0 Å². The zero-order chi connectivity index (χ0) is 56.2. The van der Waals surface area contributed by atoms with Gasteiger partial charge in [-0.1, -0.05) is 272 Å². The lowest BCUT2D eigenvalue weighted by Gasteiger charge is -2.34. The molecule has 83 heavy (non-hydrogen) atoms. The number of aromatic nitrogens is 1. The van der Waals surface area contributed by atoms with E-state index in [-0.39, 0.29) is 10.8 Å². The summed E-state index contributed by atoms with van der Waals surface area (Å²) in [5, 5.41) is 2.48. The third kappa shape index (κ3) is 7.91. The molecule has 1 spiro atoms. The zero-order valence-corrected chi connectivity index (χ0v) is 48.0. The Kier molecular flexibility index (Phi) is 11.6. The summed E-state index contributed by atoms with van der Waals surface area (Å²) in [6, 6.07) is 105. The maximum atomic E-state index is 2.58. The van der Waals surface area contributed by atoms with Crippen molar-refractivity contribution in [2.75, 3.05) is 4.90 Å². The lowest BCUT2D eigenvalue weighted by Crippen LogP contribution is -2.27. The molecule has 2 nitrogen and oxygen atoms in total. The number of para-hydroxylation sites is 3. The number of benzene rings is 12. The highest BCUT2D eigenvalue weighted by Crippen LogP contribution is 2.66. The number of hydrogen-bond donors (Lipinski definition) is 0. The van der Waals surface area contributed by atoms with Gasteiger partial charge in [-0.15, -0.1) is 0 Å². The van der Waals surface area contributed by atoms with Crippen molar-refractivity contribution in [3.8, 4) is 72.4 Å². The summed E-state index contributed by atoms with van der Waals surface area (Å²) in [7, 11) is 0. The first kappa shape index (κ1) is 50.2. The Bertz CT molecular complexity index is 4630. The van der Waals surface area contributed by atoms with Crippen molar-refractivity contribution in [1.29, 1.82) is 0 Å². The molecule has 2 aliphatic carbocycles. The van der Waals surface area contributed by atoms with Gasteiger partial charge in [0, 0.05) is 33.3 Å². The van der Waals surface area contributed by atoms with Gasteiger partial charge >= 0.3 is 0 Å². The summed E-state index contributed by atoms with van der Waals surface area (Å²) in [6.45, 7) is 14.1. The topological polar surface area (TPSA) is 8.17 Å². The van der Waals surface area contributed by atoms with E-state index >= 15 is 0 Å². The molecule has 2 aliphatic rings. The smallest absolute Gasteiger partial charge is 0.0726 e. The van der Waals surface area contributed by atoms with Crippen molar-refractivity contribution in [2.24, 2.45) is 0 Å². The van der Waals surface area contributed by atoms with Crippen molar-refractivity contribution in [2.45, 2.75) is 57.8 Å². The van der Waals surface area contributed by atoms with Gasteiger partial charge in [0.15, 0.2) is 0 Å². The Labute approximate surface area is 488 Å². The second-order valence-electron chi connectivity index (χ2n) is 24.8. The second kappa shape index (κ2) is 19.2. The molecule has 0 radical (unpaired) electrons. The molecule has 0 saturated carbocycles. The largest absolute Gasteiger partial charge is 0.309 e. The van der Waals surface area contributed by atoms with E-state index in [2.05, 4.69) is 330 Å². The minimum absolute atomic E-state index is 0.0591. The Morgan fingerprint density at radius 2 is 0.795 bits per heavy atom. The van der Waals surface area contributed by atoms with E-state index in [4.69, 9.17) is 0 Å². The molecule has 0 unspecified atom stereocenters. The maximum Gasteiger partial charge on any atom is 0.0726 e. The minimum atomic E-state index is -0.581. The summed E-state index contributed by atoms with van der Waals surface area (Å²) >= 11 is 0. The molecule has 398 valence electrons. The number of anilines is 3. The van der Waals surface area contributed by atoms with Crippen LogP contribution in [0.25, 0.3) is 94.3 Å². The summed E-state index contributed by atoms with van der Waals surface area (Å²) in [6.07, 6.45) is 0. The van der Waals surface area contributed by atoms with Crippen molar-refractivity contribution < 1.29 is 0 Å². The number of fused-ring (bicyclic) bond motifs is 13. The van der Waals surface area contributed by atoms with Crippen molar-refractivity contribution in [3.05, 3.63) is 312 Å². The molecular formula is C81H64N2. The average molecular weight is 1070 g/mol. The number of rotatable bonds is 8. The summed E-state index contributed by atoms with van der Waals surface area (Å²) < 4.78 is 2.42. The second-order valence-corrected chi connectivity index (χ2v) is 24.8. The lowest BCUT2D eigenvalue weighted by molar-refractivity contribution is 0.586. The molecular weight excluding hydrogens is 1000 g/mol. The van der Waals surface area contributed by atoms with E-state index in [9.17, 15) is 0 Å². The van der Waals surface area contributed by atoms with Gasteiger partial charge in [-0.2, -0.15) is 0 Å². The molecule has 1 heterocycles. The average Bonchev–Trinajstić information content (AvgIpc) is 1.60. The van der Waals surface area contributed by atoms with E-state index in [1.807, 2.05) is 0 Å². The first-order valence-corrected chi connectivity index (χ1v) is 29.3. The third-order valence-electron chi connectivity index (χ3n) is 17.9. The molecule has 0 atom stereocenters. The van der Waals surface area contributed by atoms with Crippen LogP contribution in [0, 0.1) is 0 Å². The quantitative estimate of drug-likeness (QED) is 0.147. The molecule has 0 aliphatic heterocycles. The van der Waals surface area contributed by atoms with Crippen molar-refractivity contribution >= 4 is 38.9 Å². The highest BCUT2D eigenvalue weighted by atomic mass is 15.1. The number of nitrogens with zero attached hydrogens (tertiary/aromatic N) is 2. The van der Waals surface area contributed by atoms with Crippen LogP contribution >= 0.6 is 0 Å². The van der Waals surface area contributed by atoms with Gasteiger partial charge in [-0.3, -0.25) is 0 Å². The van der Waals surface area contributed by atoms with Crippen LogP contribution in [0.2, 0.25) is 0 Å². The van der Waals surface area contributed by atoms with Crippen LogP contribution in [0.1, 0.15) is 74.9 Å². The van der Waals surface area contributed by atoms with Crippen LogP contribution in [0.4, 0.5) is 17.1 Å². The summed E-state index contributed by atoms with van der Waals surface area (Å²) in [5.41, 5.74) is 28.7. The van der Waals surface area contributed by atoms with Gasteiger partial charge in [0.25, 0.3) is 0 Å². The fourth-order valence-corrected chi connectivity index (χ4v) is 14.0. The van der Waals surface area contributed by atoms with Gasteiger partial charge in [-0.05, 0) is 148 Å². The van der Waals surface area contributed by atoms with E-state index in [0.717, 1.165) is 39.4 Å². The van der Waals surface area contributed by atoms with Crippen LogP contribution in [-0.4, -0.2) is 4.57 Å². The maximum absolute atomic E-state index is 2.58. The SMILES string of the molecule is CC(C)(C)c1ccc2c(c1)C1(c3cc(C(C)(C)C)ccc3-2)c2ccccc2-c2c(N(c3cccc(-c4ccc5c6ccccc6n(-c6ccccc6)c5c4)c3)c3ccccc3-c3ccccc3-c3ccccc3-c3ccccc3)cccc21. The predicted molar refractivity (Wildman–Crippen MR) is 351 cm³/mol. The van der Waals surface area contributed by atoms with Crippen LogP contribution in [0.5, 0.6) is 0 Å². The molecule has 12 aromatic carbocycles. The van der Waals surface area contributed by atoms with Crippen LogP contribution < -0.4 is 4.90 Å². The molecule has 13 aromatic rings. The van der Waals surface area contributed by atoms with Crippen LogP contribution in [0.3, 0.4) is 0 Å². The highest BCUT2D eigenvalue weighted by molar-refractivity contribution is 6.11. The van der Waals surface area contributed by atoms with Crippen LogP contribution in [0.15, 0.2) is 279 Å². The van der Waals surface area contributed by atoms with Crippen molar-refractivity contribution in [3.63, 3.8) is 0 Å². The fourth-order valence-electron chi connectivity index (χ4n) is 14.0. The van der Waals surface area contributed by atoms with Crippen molar-refractivity contribution in [1.82, 2.24) is 4.57 Å². The predicted octanol–water partition coefficient (Wildman–Crippen LogP) is 21.9. The summed E-state index contributed by atoms with van der Waals surface area (Å²) in [4.78, 5) is 2.58. The summed E-state index contributed by atoms with van der Waals surface area (Å²) in [5.74, 6) is 0.